The summed E-state index contributed by atoms with van der Waals surface area (Å²) in [5.41, 5.74) is 1.63. The second-order valence-corrected chi connectivity index (χ2v) is 11.8. The molecule has 1 N–H and O–H groups in total. The average molecular weight is 593 g/mol. The Morgan fingerprint density at radius 1 is 1.00 bits per heavy atom. The van der Waals surface area contributed by atoms with Gasteiger partial charge in [-0.3, -0.25) is 9.59 Å². The number of methoxy groups -OCH3 is 2. The highest BCUT2D eigenvalue weighted by molar-refractivity contribution is 9.10. The lowest BCUT2D eigenvalue weighted by Crippen LogP contribution is -2.30. The molecular weight excluding hydrogens is 568 g/mol. The third-order valence-electron chi connectivity index (χ3n) is 6.21. The molecule has 12 heteroatoms. The summed E-state index contributed by atoms with van der Waals surface area (Å²) in [5, 5.41) is 2.52. The van der Waals surface area contributed by atoms with E-state index in [-0.39, 0.29) is 40.0 Å². The Hall–Kier alpha value is -3.25. The van der Waals surface area contributed by atoms with Crippen LogP contribution in [-0.2, 0) is 35.3 Å². The number of hydrogen-bond acceptors (Lipinski definition) is 8. The summed E-state index contributed by atoms with van der Waals surface area (Å²) in [5.74, 6) is -2.55. The van der Waals surface area contributed by atoms with Crippen LogP contribution in [0.25, 0.3) is 0 Å². The smallest absolute Gasteiger partial charge is 0.337 e. The molecule has 4 rings (SSSR count). The molecule has 2 aromatic rings. The molecule has 1 saturated carbocycles. The van der Waals surface area contributed by atoms with Gasteiger partial charge in [-0.25, -0.2) is 18.0 Å². The fourth-order valence-corrected chi connectivity index (χ4v) is 6.59. The molecule has 0 radical (unpaired) electrons. The number of sulfone groups is 1. The molecule has 2 amide bonds. The van der Waals surface area contributed by atoms with Crippen LogP contribution < -0.4 is 10.2 Å². The van der Waals surface area contributed by atoms with Gasteiger partial charge in [0.15, 0.2) is 9.84 Å². The largest absolute Gasteiger partial charge is 0.465 e. The Morgan fingerprint density at radius 3 is 2.19 bits per heavy atom. The molecule has 37 heavy (non-hydrogen) atoms. The van der Waals surface area contributed by atoms with Crippen LogP contribution in [-0.4, -0.2) is 58.7 Å². The van der Waals surface area contributed by atoms with E-state index in [2.05, 4.69) is 30.7 Å². The van der Waals surface area contributed by atoms with Crippen molar-refractivity contribution in [2.75, 3.05) is 36.7 Å². The Bertz CT molecular complexity index is 1370. The maximum absolute atomic E-state index is 13.2. The molecule has 1 fully saturated rings. The Morgan fingerprint density at radius 2 is 1.62 bits per heavy atom. The topological polar surface area (TPSA) is 136 Å². The number of anilines is 2. The Balaban J connectivity index is 1.49. The summed E-state index contributed by atoms with van der Waals surface area (Å²) in [4.78, 5) is 50.8. The second-order valence-electron chi connectivity index (χ2n) is 8.82. The van der Waals surface area contributed by atoms with Crippen molar-refractivity contribution in [1.82, 2.24) is 0 Å². The van der Waals surface area contributed by atoms with Crippen molar-refractivity contribution in [2.24, 2.45) is 5.92 Å². The average Bonchev–Trinajstić information content (AvgIpc) is 3.65. The van der Waals surface area contributed by atoms with Gasteiger partial charge in [-0.15, -0.1) is 0 Å². The minimum atomic E-state index is -3.90. The molecule has 1 aliphatic carbocycles. The van der Waals surface area contributed by atoms with Gasteiger partial charge in [0.05, 0.1) is 36.0 Å². The van der Waals surface area contributed by atoms with Crippen LogP contribution in [0.4, 0.5) is 11.4 Å². The summed E-state index contributed by atoms with van der Waals surface area (Å²) in [6, 6.07) is 7.11. The zero-order valence-electron chi connectivity index (χ0n) is 20.2. The Labute approximate surface area is 222 Å². The number of nitrogens with one attached hydrogen (secondary N) is 1. The van der Waals surface area contributed by atoms with E-state index in [4.69, 9.17) is 0 Å². The van der Waals surface area contributed by atoms with Crippen molar-refractivity contribution in [3.63, 3.8) is 0 Å². The minimum Gasteiger partial charge on any atom is -0.465 e. The van der Waals surface area contributed by atoms with E-state index in [0.717, 1.165) is 18.4 Å². The number of carbonyl (C=O) groups is 4. The monoisotopic (exact) mass is 592 g/mol. The first kappa shape index (κ1) is 26.8. The maximum Gasteiger partial charge on any atom is 0.337 e. The number of nitrogens with zero attached hydrogens (tertiary/aromatic N) is 1. The third-order valence-corrected chi connectivity index (χ3v) is 8.88. The first-order chi connectivity index (χ1) is 17.5. The molecule has 196 valence electrons. The number of carbonyl (C=O) groups excluding carboxylic acids is 4. The molecular formula is C25H25BrN2O8S. The van der Waals surface area contributed by atoms with Crippen LogP contribution >= 0.6 is 15.9 Å². The fourth-order valence-electron chi connectivity index (χ4n) is 4.14. The quantitative estimate of drug-likeness (QED) is 0.462. The standard InChI is InChI=1S/C25H25BrN2O8S/c1-35-24(31)16-9-17(25(32)36-2)11-18(10-16)27-22(29)6-8-37(33,34)21-13-20-15(12-19(21)26)5-7-28(20)23(30)14-3-4-14/h9-14H,3-8H2,1-2H3,(H,27,29). The molecule has 2 aliphatic rings. The van der Waals surface area contributed by atoms with Crippen LogP contribution in [0.1, 0.15) is 45.5 Å². The van der Waals surface area contributed by atoms with Gasteiger partial charge >= 0.3 is 11.9 Å². The Kier molecular flexibility index (Phi) is 7.69. The van der Waals surface area contributed by atoms with Crippen LogP contribution in [0.5, 0.6) is 0 Å². The van der Waals surface area contributed by atoms with Gasteiger partial charge in [-0.05, 0) is 71.1 Å². The van der Waals surface area contributed by atoms with Crippen molar-refractivity contribution in [3.8, 4) is 0 Å². The molecule has 10 nitrogen and oxygen atoms in total. The lowest BCUT2D eigenvalue weighted by atomic mass is 10.1. The molecule has 2 aromatic carbocycles. The van der Waals surface area contributed by atoms with Gasteiger partial charge in [0.1, 0.15) is 0 Å². The summed E-state index contributed by atoms with van der Waals surface area (Å²) >= 11 is 3.33. The van der Waals surface area contributed by atoms with Gasteiger partial charge in [0, 0.05) is 34.7 Å². The summed E-state index contributed by atoms with van der Waals surface area (Å²) in [6.45, 7) is 0.515. The summed E-state index contributed by atoms with van der Waals surface area (Å²) in [7, 11) is -1.55. The van der Waals surface area contributed by atoms with E-state index in [9.17, 15) is 27.6 Å². The van der Waals surface area contributed by atoms with E-state index in [0.29, 0.717) is 23.1 Å². The number of halogens is 1. The molecule has 0 spiro atoms. The van der Waals surface area contributed by atoms with Crippen LogP contribution in [0.15, 0.2) is 39.7 Å². The van der Waals surface area contributed by atoms with E-state index < -0.39 is 33.4 Å². The van der Waals surface area contributed by atoms with Gasteiger partial charge in [0.25, 0.3) is 0 Å². The predicted octanol–water partition coefficient (Wildman–Crippen LogP) is 3.12. The molecule has 0 saturated heterocycles. The minimum absolute atomic E-state index is 0.00946. The van der Waals surface area contributed by atoms with Gasteiger partial charge in [-0.2, -0.15) is 0 Å². The first-order valence-corrected chi connectivity index (χ1v) is 14.0. The highest BCUT2D eigenvalue weighted by Crippen LogP contribution is 2.39. The summed E-state index contributed by atoms with van der Waals surface area (Å²) in [6.07, 6.45) is 1.97. The number of esters is 2. The number of fused-ring (bicyclic) bond motifs is 1. The fraction of sp³-hybridized carbons (Fsp3) is 0.360. The zero-order valence-corrected chi connectivity index (χ0v) is 22.6. The molecule has 0 atom stereocenters. The van der Waals surface area contributed by atoms with Crippen LogP contribution in [0.2, 0.25) is 0 Å². The van der Waals surface area contributed by atoms with Crippen molar-refractivity contribution < 1.29 is 37.1 Å². The van der Waals surface area contributed by atoms with Crippen molar-refractivity contribution in [1.29, 1.82) is 0 Å². The zero-order chi connectivity index (χ0) is 26.9. The highest BCUT2D eigenvalue weighted by Gasteiger charge is 2.37. The predicted molar refractivity (Wildman–Crippen MR) is 137 cm³/mol. The van der Waals surface area contributed by atoms with E-state index in [1.165, 1.54) is 38.5 Å². The number of hydrogen-bond donors (Lipinski definition) is 1. The van der Waals surface area contributed by atoms with E-state index in [1.54, 1.807) is 11.0 Å². The van der Waals surface area contributed by atoms with Crippen molar-refractivity contribution in [3.05, 3.63) is 51.5 Å². The number of amides is 2. The normalized spacial score (nSPS) is 14.6. The lowest BCUT2D eigenvalue weighted by Gasteiger charge is -2.18. The van der Waals surface area contributed by atoms with Gasteiger partial charge < -0.3 is 19.7 Å². The molecule has 0 bridgehead atoms. The lowest BCUT2D eigenvalue weighted by molar-refractivity contribution is -0.119. The van der Waals surface area contributed by atoms with Crippen LogP contribution in [0.3, 0.4) is 0 Å². The highest BCUT2D eigenvalue weighted by atomic mass is 79.9. The van der Waals surface area contributed by atoms with Crippen molar-refractivity contribution >= 4 is 60.9 Å². The molecule has 1 aliphatic heterocycles. The second kappa shape index (κ2) is 10.6. The van der Waals surface area contributed by atoms with Gasteiger partial charge in [0.2, 0.25) is 11.8 Å². The molecule has 0 unspecified atom stereocenters. The SMILES string of the molecule is COC(=O)c1cc(NC(=O)CCS(=O)(=O)c2cc3c(cc2Br)CCN3C(=O)C2CC2)cc(C(=O)OC)c1. The third kappa shape index (κ3) is 5.85. The van der Waals surface area contributed by atoms with Crippen LogP contribution in [0, 0.1) is 5.92 Å². The number of rotatable bonds is 8. The molecule has 1 heterocycles. The van der Waals surface area contributed by atoms with E-state index in [1.807, 2.05) is 0 Å². The maximum atomic E-state index is 13.2. The number of benzene rings is 2. The number of ether oxygens (including phenoxy) is 2. The first-order valence-electron chi connectivity index (χ1n) is 11.5. The van der Waals surface area contributed by atoms with E-state index >= 15 is 0 Å². The summed E-state index contributed by atoms with van der Waals surface area (Å²) < 4.78 is 36.0. The van der Waals surface area contributed by atoms with Crippen molar-refractivity contribution in [2.45, 2.75) is 30.6 Å². The van der Waals surface area contributed by atoms with Gasteiger partial charge in [-0.1, -0.05) is 0 Å². The molecule has 0 aromatic heterocycles.